The summed E-state index contributed by atoms with van der Waals surface area (Å²) in [4.78, 5) is 32.3. The largest absolute Gasteiger partial charge is 0.369 e. The zero-order chi connectivity index (χ0) is 22.4. The van der Waals surface area contributed by atoms with Crippen LogP contribution in [0.3, 0.4) is 0 Å². The van der Waals surface area contributed by atoms with Crippen molar-refractivity contribution in [3.63, 3.8) is 0 Å². The van der Waals surface area contributed by atoms with Gasteiger partial charge in [0, 0.05) is 24.4 Å². The van der Waals surface area contributed by atoms with E-state index in [1.807, 2.05) is 0 Å². The van der Waals surface area contributed by atoms with Crippen molar-refractivity contribution in [2.45, 2.75) is 44.1 Å². The molecule has 1 amide bonds. The molecule has 1 aromatic carbocycles. The average Bonchev–Trinajstić information content (AvgIpc) is 3.14. The Morgan fingerprint density at radius 2 is 2.03 bits per heavy atom. The molecule has 3 aromatic rings. The monoisotopic (exact) mass is 443 g/mol. The van der Waals surface area contributed by atoms with E-state index in [2.05, 4.69) is 46.5 Å². The van der Waals surface area contributed by atoms with Crippen molar-refractivity contribution in [2.75, 3.05) is 18.4 Å². The number of para-hydroxylation sites is 1. The molecule has 11 heteroatoms. The van der Waals surface area contributed by atoms with E-state index in [0.29, 0.717) is 22.6 Å². The van der Waals surface area contributed by atoms with Crippen LogP contribution in [0.1, 0.15) is 37.6 Å². The van der Waals surface area contributed by atoms with Gasteiger partial charge in [0.05, 0.1) is 23.1 Å². The molecule has 2 heterocycles. The van der Waals surface area contributed by atoms with Gasteiger partial charge in [-0.05, 0) is 12.5 Å². The first kappa shape index (κ1) is 22.5. The van der Waals surface area contributed by atoms with Crippen LogP contribution in [0.25, 0.3) is 11.0 Å². The number of fused-ring (bicyclic) bond motifs is 1. The summed E-state index contributed by atoms with van der Waals surface area (Å²) in [5, 5.41) is 23.4. The van der Waals surface area contributed by atoms with Gasteiger partial charge < -0.3 is 10.6 Å². The van der Waals surface area contributed by atoms with E-state index in [1.54, 1.807) is 28.7 Å². The molecule has 10 nitrogen and oxygen atoms in total. The highest BCUT2D eigenvalue weighted by Gasteiger charge is 2.19. The fraction of sp³-hybridized carbons (Fsp3) is 0.400. The van der Waals surface area contributed by atoms with Crippen molar-refractivity contribution >= 4 is 40.2 Å². The van der Waals surface area contributed by atoms with Gasteiger partial charge in [0.15, 0.2) is 10.8 Å². The second kappa shape index (κ2) is 10.2. The van der Waals surface area contributed by atoms with Crippen LogP contribution in [0.15, 0.2) is 35.6 Å². The molecular formula is C20H25N7O3S. The standard InChI is InChI=1S/C20H25N7O3S/c1-4-9-21-17-15-12-23-26(18(15)25-20(24-17)31-13(2)3)11-10-22-19(28)14-7-5-6-8-16(14)27(29)30/h5-8,12-13H,4,9-11H2,1-3H3,(H,22,28)(H,21,24,25). The minimum Gasteiger partial charge on any atom is -0.369 e. The Bertz CT molecular complexity index is 1080. The number of hydrogen-bond acceptors (Lipinski definition) is 8. The molecule has 2 aromatic heterocycles. The highest BCUT2D eigenvalue weighted by molar-refractivity contribution is 7.99. The fourth-order valence-corrected chi connectivity index (χ4v) is 3.64. The molecule has 3 rings (SSSR count). The quantitative estimate of drug-likeness (QED) is 0.211. The number of anilines is 1. The molecule has 0 aliphatic rings. The second-order valence-corrected chi connectivity index (χ2v) is 8.63. The number of carbonyl (C=O) groups is 1. The van der Waals surface area contributed by atoms with Gasteiger partial charge in [-0.3, -0.25) is 14.9 Å². The van der Waals surface area contributed by atoms with Crippen molar-refractivity contribution in [3.05, 3.63) is 46.1 Å². The lowest BCUT2D eigenvalue weighted by Crippen LogP contribution is -2.28. The Hall–Kier alpha value is -3.21. The lowest BCUT2D eigenvalue weighted by Gasteiger charge is -2.10. The van der Waals surface area contributed by atoms with E-state index in [4.69, 9.17) is 0 Å². The van der Waals surface area contributed by atoms with Crippen molar-refractivity contribution in [1.29, 1.82) is 0 Å². The Labute approximate surface area is 184 Å². The summed E-state index contributed by atoms with van der Waals surface area (Å²) >= 11 is 1.57. The van der Waals surface area contributed by atoms with Crippen LogP contribution < -0.4 is 10.6 Å². The molecule has 0 bridgehead atoms. The SMILES string of the molecule is CCCNc1nc(SC(C)C)nc2c1cnn2CCNC(=O)c1ccccc1[N+](=O)[O-]. The maximum absolute atomic E-state index is 12.4. The lowest BCUT2D eigenvalue weighted by atomic mass is 10.1. The van der Waals surface area contributed by atoms with Gasteiger partial charge >= 0.3 is 0 Å². The van der Waals surface area contributed by atoms with Gasteiger partial charge in [-0.15, -0.1) is 0 Å². The first-order chi connectivity index (χ1) is 14.9. The number of nitrogens with zero attached hydrogens (tertiary/aromatic N) is 5. The molecule has 0 saturated carbocycles. The number of aromatic nitrogens is 4. The number of hydrogen-bond donors (Lipinski definition) is 2. The van der Waals surface area contributed by atoms with E-state index in [1.165, 1.54) is 18.2 Å². The van der Waals surface area contributed by atoms with Crippen molar-refractivity contribution < 1.29 is 9.72 Å². The zero-order valence-corrected chi connectivity index (χ0v) is 18.5. The van der Waals surface area contributed by atoms with E-state index >= 15 is 0 Å². The van der Waals surface area contributed by atoms with Crippen LogP contribution in [0.4, 0.5) is 11.5 Å². The number of nitrogens with one attached hydrogen (secondary N) is 2. The second-order valence-electron chi connectivity index (χ2n) is 7.08. The summed E-state index contributed by atoms with van der Waals surface area (Å²) in [5.74, 6) is 0.241. The molecule has 0 atom stereocenters. The molecule has 0 radical (unpaired) electrons. The normalized spacial score (nSPS) is 11.1. The maximum atomic E-state index is 12.4. The smallest absolute Gasteiger partial charge is 0.282 e. The first-order valence-corrected chi connectivity index (χ1v) is 10.9. The summed E-state index contributed by atoms with van der Waals surface area (Å²) in [7, 11) is 0. The third kappa shape index (κ3) is 5.48. The first-order valence-electron chi connectivity index (χ1n) is 10.1. The predicted octanol–water partition coefficient (Wildman–Crippen LogP) is 3.49. The van der Waals surface area contributed by atoms with Crippen LogP contribution in [-0.2, 0) is 6.54 Å². The van der Waals surface area contributed by atoms with Crippen LogP contribution in [-0.4, -0.2) is 48.9 Å². The zero-order valence-electron chi connectivity index (χ0n) is 17.7. The van der Waals surface area contributed by atoms with E-state index < -0.39 is 10.8 Å². The van der Waals surface area contributed by atoms with Gasteiger partial charge in [0.25, 0.3) is 11.6 Å². The fourth-order valence-electron chi connectivity index (χ4n) is 2.94. The minimum atomic E-state index is -0.564. The van der Waals surface area contributed by atoms with Crippen LogP contribution >= 0.6 is 11.8 Å². The summed E-state index contributed by atoms with van der Waals surface area (Å²) in [6.45, 7) is 7.63. The molecule has 31 heavy (non-hydrogen) atoms. The number of thioether (sulfide) groups is 1. The molecule has 0 aliphatic carbocycles. The number of carbonyl (C=O) groups excluding carboxylic acids is 1. The van der Waals surface area contributed by atoms with Crippen LogP contribution in [0, 0.1) is 10.1 Å². The van der Waals surface area contributed by atoms with Gasteiger partial charge in [-0.25, -0.2) is 14.6 Å². The van der Waals surface area contributed by atoms with Gasteiger partial charge in [0.1, 0.15) is 11.4 Å². The third-order valence-electron chi connectivity index (χ3n) is 4.31. The number of benzene rings is 1. The number of nitro groups is 1. The molecule has 2 N–H and O–H groups in total. The molecule has 0 saturated heterocycles. The van der Waals surface area contributed by atoms with Crippen LogP contribution in [0.5, 0.6) is 0 Å². The van der Waals surface area contributed by atoms with Gasteiger partial charge in [0.2, 0.25) is 0 Å². The molecule has 0 spiro atoms. The summed E-state index contributed by atoms with van der Waals surface area (Å²) in [6.07, 6.45) is 2.67. The number of rotatable bonds is 10. The highest BCUT2D eigenvalue weighted by atomic mass is 32.2. The number of amides is 1. The van der Waals surface area contributed by atoms with Gasteiger partial charge in [-0.1, -0.05) is 44.7 Å². The summed E-state index contributed by atoms with van der Waals surface area (Å²) in [6, 6.07) is 5.87. The topological polar surface area (TPSA) is 128 Å². The summed E-state index contributed by atoms with van der Waals surface area (Å²) in [5.41, 5.74) is 0.484. The predicted molar refractivity (Wildman–Crippen MR) is 121 cm³/mol. The minimum absolute atomic E-state index is 0.0295. The van der Waals surface area contributed by atoms with E-state index in [9.17, 15) is 14.9 Å². The molecule has 0 aliphatic heterocycles. The van der Waals surface area contributed by atoms with Crippen LogP contribution in [0.2, 0.25) is 0 Å². The Morgan fingerprint density at radius 3 is 2.74 bits per heavy atom. The number of nitro benzene ring substituents is 1. The Kier molecular flexibility index (Phi) is 7.40. The average molecular weight is 444 g/mol. The molecule has 164 valence electrons. The highest BCUT2D eigenvalue weighted by Crippen LogP contribution is 2.26. The molecular weight excluding hydrogens is 418 g/mol. The van der Waals surface area contributed by atoms with E-state index in [-0.39, 0.29) is 17.8 Å². The van der Waals surface area contributed by atoms with Crippen molar-refractivity contribution in [3.8, 4) is 0 Å². The molecule has 0 fully saturated rings. The Morgan fingerprint density at radius 1 is 1.26 bits per heavy atom. The van der Waals surface area contributed by atoms with Gasteiger partial charge in [-0.2, -0.15) is 5.10 Å². The van der Waals surface area contributed by atoms with E-state index in [0.717, 1.165) is 24.2 Å². The third-order valence-corrected chi connectivity index (χ3v) is 5.18. The molecule has 0 unspecified atom stereocenters. The maximum Gasteiger partial charge on any atom is 0.282 e. The lowest BCUT2D eigenvalue weighted by molar-refractivity contribution is -0.385. The summed E-state index contributed by atoms with van der Waals surface area (Å²) < 4.78 is 1.71. The van der Waals surface area contributed by atoms with Crippen molar-refractivity contribution in [1.82, 2.24) is 25.1 Å². The Balaban J connectivity index is 1.77. The van der Waals surface area contributed by atoms with Crippen molar-refractivity contribution in [2.24, 2.45) is 0 Å².